The van der Waals surface area contributed by atoms with Crippen LogP contribution in [0.3, 0.4) is 0 Å². The van der Waals surface area contributed by atoms with Crippen LogP contribution in [-0.4, -0.2) is 9.97 Å². The summed E-state index contributed by atoms with van der Waals surface area (Å²) >= 11 is 0. The molecule has 3 rings (SSSR count). The fourth-order valence-electron chi connectivity index (χ4n) is 2.09. The van der Waals surface area contributed by atoms with Crippen LogP contribution < -0.4 is 11.1 Å². The van der Waals surface area contributed by atoms with E-state index < -0.39 is 0 Å². The first-order chi connectivity index (χ1) is 9.20. The van der Waals surface area contributed by atoms with E-state index in [1.54, 1.807) is 0 Å². The van der Waals surface area contributed by atoms with E-state index in [-0.39, 0.29) is 0 Å². The molecule has 0 saturated carbocycles. The standard InChI is InChI=1S/C15H16N4/c1-10-18-14-7-6-13(8-15(14)19-10)17-9-11-2-4-12(16)5-3-11/h2-8,17H,9,16H2,1H3,(H,18,19). The zero-order valence-corrected chi connectivity index (χ0v) is 10.8. The van der Waals surface area contributed by atoms with Gasteiger partial charge in [-0.2, -0.15) is 0 Å². The van der Waals surface area contributed by atoms with Gasteiger partial charge in [0.25, 0.3) is 0 Å². The lowest BCUT2D eigenvalue weighted by Gasteiger charge is -2.06. The van der Waals surface area contributed by atoms with Crippen LogP contribution in [0.1, 0.15) is 11.4 Å². The molecule has 4 nitrogen and oxygen atoms in total. The Hall–Kier alpha value is -2.49. The van der Waals surface area contributed by atoms with Crippen LogP contribution >= 0.6 is 0 Å². The summed E-state index contributed by atoms with van der Waals surface area (Å²) in [5, 5.41) is 3.39. The second-order valence-electron chi connectivity index (χ2n) is 4.65. The molecule has 0 bridgehead atoms. The lowest BCUT2D eigenvalue weighted by atomic mass is 10.2. The van der Waals surface area contributed by atoms with Crippen LogP contribution in [0.15, 0.2) is 42.5 Å². The van der Waals surface area contributed by atoms with Crippen molar-refractivity contribution in [3.8, 4) is 0 Å². The van der Waals surface area contributed by atoms with Gasteiger partial charge in [0, 0.05) is 17.9 Å². The zero-order valence-electron chi connectivity index (χ0n) is 10.8. The predicted molar refractivity (Wildman–Crippen MR) is 79.0 cm³/mol. The van der Waals surface area contributed by atoms with E-state index in [1.807, 2.05) is 43.3 Å². The van der Waals surface area contributed by atoms with Gasteiger partial charge in [-0.25, -0.2) is 4.98 Å². The number of hydrogen-bond acceptors (Lipinski definition) is 3. The number of aryl methyl sites for hydroxylation is 1. The fraction of sp³-hybridized carbons (Fsp3) is 0.133. The fourth-order valence-corrected chi connectivity index (χ4v) is 2.09. The Bertz CT molecular complexity index is 698. The quantitative estimate of drug-likeness (QED) is 0.627. The molecular formula is C15H16N4. The molecule has 1 heterocycles. The maximum atomic E-state index is 5.67. The van der Waals surface area contributed by atoms with E-state index in [0.29, 0.717) is 0 Å². The average molecular weight is 252 g/mol. The zero-order chi connectivity index (χ0) is 13.2. The summed E-state index contributed by atoms with van der Waals surface area (Å²) < 4.78 is 0. The summed E-state index contributed by atoms with van der Waals surface area (Å²) in [5.74, 6) is 0.936. The number of aromatic nitrogens is 2. The Morgan fingerprint density at radius 2 is 1.95 bits per heavy atom. The van der Waals surface area contributed by atoms with Crippen molar-refractivity contribution in [2.24, 2.45) is 0 Å². The Labute approximate surface area is 111 Å². The number of hydrogen-bond donors (Lipinski definition) is 3. The van der Waals surface area contributed by atoms with Crippen LogP contribution in [0.4, 0.5) is 11.4 Å². The van der Waals surface area contributed by atoms with Crippen molar-refractivity contribution in [1.29, 1.82) is 0 Å². The van der Waals surface area contributed by atoms with Gasteiger partial charge in [0.15, 0.2) is 0 Å². The maximum absolute atomic E-state index is 5.67. The first-order valence-corrected chi connectivity index (χ1v) is 6.25. The molecule has 96 valence electrons. The molecule has 0 atom stereocenters. The van der Waals surface area contributed by atoms with E-state index >= 15 is 0 Å². The first kappa shape index (κ1) is 11.6. The van der Waals surface area contributed by atoms with Gasteiger partial charge in [-0.1, -0.05) is 12.1 Å². The highest BCUT2D eigenvalue weighted by Crippen LogP contribution is 2.18. The van der Waals surface area contributed by atoms with E-state index in [9.17, 15) is 0 Å². The number of nitrogens with one attached hydrogen (secondary N) is 2. The van der Waals surface area contributed by atoms with Crippen LogP contribution in [0.2, 0.25) is 0 Å². The lowest BCUT2D eigenvalue weighted by molar-refractivity contribution is 1.15. The van der Waals surface area contributed by atoms with E-state index in [2.05, 4.69) is 21.4 Å². The number of aromatic amines is 1. The van der Waals surface area contributed by atoms with E-state index in [1.165, 1.54) is 5.56 Å². The van der Waals surface area contributed by atoms with Crippen molar-refractivity contribution in [1.82, 2.24) is 9.97 Å². The summed E-state index contributed by atoms with van der Waals surface area (Å²) in [6, 6.07) is 14.0. The first-order valence-electron chi connectivity index (χ1n) is 6.25. The topological polar surface area (TPSA) is 66.7 Å². The maximum Gasteiger partial charge on any atom is 0.104 e. The predicted octanol–water partition coefficient (Wildman–Crippen LogP) is 3.07. The molecule has 0 radical (unpaired) electrons. The average Bonchev–Trinajstić information content (AvgIpc) is 2.77. The van der Waals surface area contributed by atoms with Gasteiger partial charge in [-0.15, -0.1) is 0 Å². The van der Waals surface area contributed by atoms with Crippen molar-refractivity contribution < 1.29 is 0 Å². The van der Waals surface area contributed by atoms with Crippen LogP contribution in [0, 0.1) is 6.92 Å². The highest BCUT2D eigenvalue weighted by atomic mass is 14.9. The van der Waals surface area contributed by atoms with E-state index in [4.69, 9.17) is 5.73 Å². The third kappa shape index (κ3) is 2.52. The molecule has 0 amide bonds. The minimum absolute atomic E-state index is 0.777. The SMILES string of the molecule is Cc1nc2ccc(NCc3ccc(N)cc3)cc2[nH]1. The second-order valence-corrected chi connectivity index (χ2v) is 4.65. The Balaban J connectivity index is 1.75. The number of nitrogens with two attached hydrogens (primary N) is 1. The number of nitrogens with zero attached hydrogens (tertiary/aromatic N) is 1. The normalized spacial score (nSPS) is 10.8. The molecule has 2 aromatic carbocycles. The Morgan fingerprint density at radius 3 is 2.74 bits per heavy atom. The Morgan fingerprint density at radius 1 is 1.16 bits per heavy atom. The van der Waals surface area contributed by atoms with Crippen molar-refractivity contribution in [2.45, 2.75) is 13.5 Å². The molecule has 1 aromatic heterocycles. The number of fused-ring (bicyclic) bond motifs is 1. The molecule has 4 heteroatoms. The number of anilines is 2. The monoisotopic (exact) mass is 252 g/mol. The number of nitrogen functional groups attached to an aromatic ring is 1. The minimum Gasteiger partial charge on any atom is -0.399 e. The largest absolute Gasteiger partial charge is 0.399 e. The molecule has 0 spiro atoms. The highest BCUT2D eigenvalue weighted by molar-refractivity contribution is 5.79. The second kappa shape index (κ2) is 4.65. The summed E-state index contributed by atoms with van der Waals surface area (Å²) in [4.78, 5) is 7.62. The molecule has 0 aliphatic rings. The van der Waals surface area contributed by atoms with Crippen molar-refractivity contribution in [3.05, 3.63) is 53.9 Å². The molecule has 0 unspecified atom stereocenters. The van der Waals surface area contributed by atoms with Gasteiger partial charge < -0.3 is 16.0 Å². The van der Waals surface area contributed by atoms with Gasteiger partial charge >= 0.3 is 0 Å². The molecule has 4 N–H and O–H groups in total. The van der Waals surface area contributed by atoms with Gasteiger partial charge in [-0.3, -0.25) is 0 Å². The van der Waals surface area contributed by atoms with Gasteiger partial charge in [0.05, 0.1) is 11.0 Å². The molecule has 0 fully saturated rings. The number of benzene rings is 2. The third-order valence-electron chi connectivity index (χ3n) is 3.08. The molecule has 19 heavy (non-hydrogen) atoms. The third-order valence-corrected chi connectivity index (χ3v) is 3.08. The number of imidazole rings is 1. The van der Waals surface area contributed by atoms with Gasteiger partial charge in [-0.05, 0) is 42.8 Å². The summed E-state index contributed by atoms with van der Waals surface area (Å²) in [6.45, 7) is 2.74. The molecule has 0 aliphatic heterocycles. The van der Waals surface area contributed by atoms with Crippen molar-refractivity contribution in [3.63, 3.8) is 0 Å². The smallest absolute Gasteiger partial charge is 0.104 e. The highest BCUT2D eigenvalue weighted by Gasteiger charge is 2.00. The van der Waals surface area contributed by atoms with Crippen LogP contribution in [0.5, 0.6) is 0 Å². The van der Waals surface area contributed by atoms with Crippen LogP contribution in [0.25, 0.3) is 11.0 Å². The summed E-state index contributed by atoms with van der Waals surface area (Å²) in [5.41, 5.74) is 10.8. The minimum atomic E-state index is 0.777. The van der Waals surface area contributed by atoms with Gasteiger partial charge in [0.2, 0.25) is 0 Å². The number of rotatable bonds is 3. The molecular weight excluding hydrogens is 236 g/mol. The molecule has 0 aliphatic carbocycles. The van der Waals surface area contributed by atoms with Crippen molar-refractivity contribution in [2.75, 3.05) is 11.1 Å². The van der Waals surface area contributed by atoms with Gasteiger partial charge in [0.1, 0.15) is 5.82 Å². The number of H-pyrrole nitrogens is 1. The molecule has 0 saturated heterocycles. The van der Waals surface area contributed by atoms with E-state index in [0.717, 1.165) is 34.8 Å². The van der Waals surface area contributed by atoms with Crippen LogP contribution in [-0.2, 0) is 6.54 Å². The lowest BCUT2D eigenvalue weighted by Crippen LogP contribution is -1.99. The summed E-state index contributed by atoms with van der Waals surface area (Å²) in [7, 11) is 0. The Kier molecular flexibility index (Phi) is 2.83. The van der Waals surface area contributed by atoms with Crippen molar-refractivity contribution >= 4 is 22.4 Å². The molecule has 3 aromatic rings. The summed E-state index contributed by atoms with van der Waals surface area (Å²) in [6.07, 6.45) is 0.